The first-order chi connectivity index (χ1) is 14.7. The first-order valence-electron chi connectivity index (χ1n) is 10.2. The lowest BCUT2D eigenvalue weighted by atomic mass is 9.79. The number of hydrogen-bond acceptors (Lipinski definition) is 6. The molecule has 6 nitrogen and oxygen atoms in total. The number of benzene rings is 2. The summed E-state index contributed by atoms with van der Waals surface area (Å²) in [5, 5.41) is 1.53. The third-order valence-corrected chi connectivity index (χ3v) is 6.88. The Balaban J connectivity index is 1.34. The minimum absolute atomic E-state index is 0.0397. The van der Waals surface area contributed by atoms with Gasteiger partial charge in [-0.25, -0.2) is 9.97 Å². The van der Waals surface area contributed by atoms with Crippen LogP contribution in [-0.4, -0.2) is 20.9 Å². The van der Waals surface area contributed by atoms with Crippen LogP contribution in [0.1, 0.15) is 42.4 Å². The molecule has 1 N–H and O–H groups in total. The number of para-hydroxylation sites is 2. The lowest BCUT2D eigenvalue weighted by Gasteiger charge is -2.28. The van der Waals surface area contributed by atoms with Crippen molar-refractivity contribution < 1.29 is 9.53 Å². The van der Waals surface area contributed by atoms with Crippen molar-refractivity contribution >= 4 is 38.4 Å². The molecule has 2 atom stereocenters. The Morgan fingerprint density at radius 2 is 1.80 bits per heavy atom. The number of aromatic amines is 1. The van der Waals surface area contributed by atoms with Crippen molar-refractivity contribution in [2.45, 2.75) is 38.2 Å². The zero-order valence-corrected chi connectivity index (χ0v) is 17.2. The minimum Gasteiger partial charge on any atom is -0.457 e. The Hall–Kier alpha value is -3.06. The predicted octanol–water partition coefficient (Wildman–Crippen LogP) is 4.55. The van der Waals surface area contributed by atoms with Gasteiger partial charge in [-0.3, -0.25) is 9.59 Å². The lowest BCUT2D eigenvalue weighted by molar-refractivity contribution is -0.152. The molecule has 2 aromatic carbocycles. The molecule has 2 aromatic heterocycles. The van der Waals surface area contributed by atoms with Gasteiger partial charge in [0.1, 0.15) is 12.4 Å². The third kappa shape index (κ3) is 3.61. The Kier molecular flexibility index (Phi) is 5.04. The first kappa shape index (κ1) is 18.9. The number of nitrogens with one attached hydrogen (secondary N) is 1. The summed E-state index contributed by atoms with van der Waals surface area (Å²) in [6.07, 6.45) is 3.82. The first-order valence-corrected chi connectivity index (χ1v) is 11.0. The summed E-state index contributed by atoms with van der Waals surface area (Å²) in [7, 11) is 0. The molecule has 0 radical (unpaired) electrons. The van der Waals surface area contributed by atoms with E-state index in [9.17, 15) is 9.59 Å². The zero-order valence-electron chi connectivity index (χ0n) is 16.3. The Morgan fingerprint density at radius 3 is 2.67 bits per heavy atom. The molecule has 7 heteroatoms. The van der Waals surface area contributed by atoms with Crippen LogP contribution in [-0.2, 0) is 16.1 Å². The molecule has 2 heterocycles. The van der Waals surface area contributed by atoms with Gasteiger partial charge in [0.05, 0.1) is 32.0 Å². The highest BCUT2D eigenvalue weighted by molar-refractivity contribution is 7.18. The van der Waals surface area contributed by atoms with E-state index in [2.05, 4.69) is 16.0 Å². The molecule has 0 bridgehead atoms. The van der Waals surface area contributed by atoms with Crippen LogP contribution in [0.3, 0.4) is 0 Å². The van der Waals surface area contributed by atoms with Crippen LogP contribution in [0.25, 0.3) is 21.1 Å². The molecule has 1 fully saturated rings. The SMILES string of the molecule is O=C(OCc1nc2ccccc2c(=O)[nH]1)[C@@H]1CCCC[C@@H]1c1nc2ccccc2s1. The second-order valence-electron chi connectivity index (χ2n) is 7.65. The Labute approximate surface area is 177 Å². The largest absolute Gasteiger partial charge is 0.457 e. The standard InChI is InChI=1S/C23H21N3O3S/c27-21-16-9-3-4-10-17(16)24-20(26-21)13-29-23(28)15-8-2-1-7-14(15)22-25-18-11-5-6-12-19(18)30-22/h3-6,9-12,14-15H,1-2,7-8,13H2,(H,24,26,27)/t14-,15+/m0/s1. The van der Waals surface area contributed by atoms with Crippen molar-refractivity contribution in [3.63, 3.8) is 0 Å². The number of nitrogens with zero attached hydrogens (tertiary/aromatic N) is 2. The zero-order chi connectivity index (χ0) is 20.5. The fraction of sp³-hybridized carbons (Fsp3) is 0.304. The molecule has 0 unspecified atom stereocenters. The van der Waals surface area contributed by atoms with E-state index >= 15 is 0 Å². The van der Waals surface area contributed by atoms with Crippen LogP contribution in [0.15, 0.2) is 53.3 Å². The fourth-order valence-electron chi connectivity index (χ4n) is 4.21. The van der Waals surface area contributed by atoms with Crippen molar-refractivity contribution in [3.8, 4) is 0 Å². The van der Waals surface area contributed by atoms with E-state index in [4.69, 9.17) is 9.72 Å². The molecule has 0 spiro atoms. The van der Waals surface area contributed by atoms with Gasteiger partial charge in [-0.05, 0) is 37.1 Å². The van der Waals surface area contributed by atoms with E-state index in [0.29, 0.717) is 16.7 Å². The van der Waals surface area contributed by atoms with Crippen LogP contribution < -0.4 is 5.56 Å². The molecule has 152 valence electrons. The maximum atomic E-state index is 13.0. The molecule has 1 aliphatic rings. The Bertz CT molecular complexity index is 1250. The van der Waals surface area contributed by atoms with Gasteiger partial charge in [-0.1, -0.05) is 37.1 Å². The molecule has 0 aliphatic heterocycles. The van der Waals surface area contributed by atoms with Crippen molar-refractivity contribution in [1.29, 1.82) is 0 Å². The summed E-state index contributed by atoms with van der Waals surface area (Å²) in [5.74, 6) is -0.0205. The number of carbonyl (C=O) groups excluding carboxylic acids is 1. The summed E-state index contributed by atoms with van der Waals surface area (Å²) in [6.45, 7) is -0.0397. The number of ether oxygens (including phenoxy) is 1. The lowest BCUT2D eigenvalue weighted by Crippen LogP contribution is -2.28. The summed E-state index contributed by atoms with van der Waals surface area (Å²) in [4.78, 5) is 37.1. The van der Waals surface area contributed by atoms with Crippen molar-refractivity contribution in [2.75, 3.05) is 0 Å². The number of hydrogen-bond donors (Lipinski definition) is 1. The average Bonchev–Trinajstić information content (AvgIpc) is 3.22. The van der Waals surface area contributed by atoms with Crippen LogP contribution in [0.4, 0.5) is 0 Å². The molecule has 0 amide bonds. The number of H-pyrrole nitrogens is 1. The van der Waals surface area contributed by atoms with Gasteiger partial charge in [0, 0.05) is 5.92 Å². The number of thiazole rings is 1. The van der Waals surface area contributed by atoms with E-state index in [1.54, 1.807) is 29.5 Å². The number of esters is 1. The minimum atomic E-state index is -0.241. The molecule has 5 rings (SSSR count). The van der Waals surface area contributed by atoms with E-state index in [1.165, 1.54) is 0 Å². The van der Waals surface area contributed by atoms with Crippen molar-refractivity contribution in [1.82, 2.24) is 15.0 Å². The topological polar surface area (TPSA) is 84.9 Å². The number of fused-ring (bicyclic) bond motifs is 2. The number of rotatable bonds is 4. The average molecular weight is 420 g/mol. The summed E-state index contributed by atoms with van der Waals surface area (Å²) in [5.41, 5.74) is 1.35. The van der Waals surface area contributed by atoms with Crippen LogP contribution >= 0.6 is 11.3 Å². The molecule has 0 saturated heterocycles. The Morgan fingerprint density at radius 1 is 1.03 bits per heavy atom. The van der Waals surface area contributed by atoms with Crippen LogP contribution in [0.5, 0.6) is 0 Å². The van der Waals surface area contributed by atoms with Crippen molar-refractivity contribution in [2.24, 2.45) is 5.92 Å². The molecule has 1 saturated carbocycles. The monoisotopic (exact) mass is 419 g/mol. The predicted molar refractivity (Wildman–Crippen MR) is 116 cm³/mol. The van der Waals surface area contributed by atoms with E-state index in [0.717, 1.165) is 40.9 Å². The molecular formula is C23H21N3O3S. The second-order valence-corrected chi connectivity index (χ2v) is 8.72. The van der Waals surface area contributed by atoms with E-state index in [-0.39, 0.29) is 30.0 Å². The van der Waals surface area contributed by atoms with Gasteiger partial charge in [0.2, 0.25) is 0 Å². The summed E-state index contributed by atoms with van der Waals surface area (Å²) in [6, 6.07) is 15.2. The van der Waals surface area contributed by atoms with E-state index < -0.39 is 0 Å². The highest BCUT2D eigenvalue weighted by Crippen LogP contribution is 2.41. The molecular weight excluding hydrogens is 398 g/mol. The van der Waals surface area contributed by atoms with Crippen LogP contribution in [0, 0.1) is 5.92 Å². The van der Waals surface area contributed by atoms with Crippen LogP contribution in [0.2, 0.25) is 0 Å². The van der Waals surface area contributed by atoms with Gasteiger partial charge in [-0.15, -0.1) is 11.3 Å². The van der Waals surface area contributed by atoms with E-state index in [1.807, 2.05) is 24.3 Å². The van der Waals surface area contributed by atoms with Gasteiger partial charge in [0.25, 0.3) is 5.56 Å². The fourth-order valence-corrected chi connectivity index (χ4v) is 5.37. The van der Waals surface area contributed by atoms with Gasteiger partial charge in [0.15, 0.2) is 0 Å². The highest BCUT2D eigenvalue weighted by atomic mass is 32.1. The van der Waals surface area contributed by atoms with Gasteiger partial charge < -0.3 is 9.72 Å². The maximum absolute atomic E-state index is 13.0. The quantitative estimate of drug-likeness (QED) is 0.491. The number of aromatic nitrogens is 3. The normalized spacial score (nSPS) is 19.2. The third-order valence-electron chi connectivity index (χ3n) is 5.71. The summed E-state index contributed by atoms with van der Waals surface area (Å²) >= 11 is 1.66. The second kappa shape index (κ2) is 7.99. The van der Waals surface area contributed by atoms with Gasteiger partial charge in [-0.2, -0.15) is 0 Å². The maximum Gasteiger partial charge on any atom is 0.310 e. The number of carbonyl (C=O) groups is 1. The van der Waals surface area contributed by atoms with Crippen molar-refractivity contribution in [3.05, 3.63) is 69.7 Å². The molecule has 4 aromatic rings. The van der Waals surface area contributed by atoms with Gasteiger partial charge >= 0.3 is 5.97 Å². The smallest absolute Gasteiger partial charge is 0.310 e. The highest BCUT2D eigenvalue weighted by Gasteiger charge is 2.35. The molecule has 30 heavy (non-hydrogen) atoms. The summed E-state index contributed by atoms with van der Waals surface area (Å²) < 4.78 is 6.74. The molecule has 1 aliphatic carbocycles.